The van der Waals surface area contributed by atoms with Gasteiger partial charge >= 0.3 is 6.18 Å². The molecule has 21 heavy (non-hydrogen) atoms. The molecule has 1 nitrogen and oxygen atoms in total. The lowest BCUT2D eigenvalue weighted by Crippen LogP contribution is -2.29. The SMILES string of the molecule is CC1CC(C)CC(C(N)c2ccc(F)c(C(F)(F)F)c2)C1. The van der Waals surface area contributed by atoms with Gasteiger partial charge in [0, 0.05) is 6.04 Å². The second kappa shape index (κ2) is 5.95. The summed E-state index contributed by atoms with van der Waals surface area (Å²) >= 11 is 0. The van der Waals surface area contributed by atoms with E-state index in [0.717, 1.165) is 31.4 Å². The van der Waals surface area contributed by atoms with E-state index in [2.05, 4.69) is 13.8 Å². The standard InChI is InChI=1S/C16H21F4N/c1-9-5-10(2)7-12(6-9)15(21)11-3-4-14(17)13(8-11)16(18,19)20/h3-4,8-10,12,15H,5-7,21H2,1-2H3. The maximum atomic E-state index is 13.3. The Bertz CT molecular complexity index is 488. The van der Waals surface area contributed by atoms with Crippen LogP contribution in [0.2, 0.25) is 0 Å². The Morgan fingerprint density at radius 2 is 1.67 bits per heavy atom. The molecule has 1 aliphatic carbocycles. The van der Waals surface area contributed by atoms with Crippen LogP contribution in [0.3, 0.4) is 0 Å². The molecule has 0 amide bonds. The summed E-state index contributed by atoms with van der Waals surface area (Å²) in [5, 5.41) is 0. The molecule has 2 N–H and O–H groups in total. The first-order valence-corrected chi connectivity index (χ1v) is 7.30. The van der Waals surface area contributed by atoms with E-state index in [1.807, 2.05) is 0 Å². The predicted octanol–water partition coefficient (Wildman–Crippen LogP) is 4.92. The zero-order chi connectivity index (χ0) is 15.8. The van der Waals surface area contributed by atoms with Crippen LogP contribution in [-0.2, 0) is 6.18 Å². The van der Waals surface area contributed by atoms with Gasteiger partial charge in [0.25, 0.3) is 0 Å². The topological polar surface area (TPSA) is 26.0 Å². The zero-order valence-electron chi connectivity index (χ0n) is 12.3. The van der Waals surface area contributed by atoms with Crippen molar-refractivity contribution in [2.45, 2.75) is 45.3 Å². The van der Waals surface area contributed by atoms with Crippen molar-refractivity contribution in [1.82, 2.24) is 0 Å². The molecule has 1 fully saturated rings. The van der Waals surface area contributed by atoms with Crippen LogP contribution in [0.4, 0.5) is 17.6 Å². The summed E-state index contributed by atoms with van der Waals surface area (Å²) in [6, 6.07) is 2.63. The highest BCUT2D eigenvalue weighted by Crippen LogP contribution is 2.40. The Labute approximate surface area is 122 Å². The molecule has 1 aromatic carbocycles. The number of hydrogen-bond acceptors (Lipinski definition) is 1. The Hall–Kier alpha value is -1.10. The molecule has 0 heterocycles. The van der Waals surface area contributed by atoms with Gasteiger partial charge in [0.05, 0.1) is 5.56 Å². The van der Waals surface area contributed by atoms with Crippen molar-refractivity contribution in [1.29, 1.82) is 0 Å². The molecule has 118 valence electrons. The summed E-state index contributed by atoms with van der Waals surface area (Å²) in [4.78, 5) is 0. The molecule has 0 aliphatic heterocycles. The van der Waals surface area contributed by atoms with E-state index in [-0.39, 0.29) is 5.92 Å². The van der Waals surface area contributed by atoms with Crippen LogP contribution < -0.4 is 5.73 Å². The van der Waals surface area contributed by atoms with Gasteiger partial charge in [-0.2, -0.15) is 13.2 Å². The lowest BCUT2D eigenvalue weighted by molar-refractivity contribution is -0.140. The van der Waals surface area contributed by atoms with Gasteiger partial charge in [-0.15, -0.1) is 0 Å². The Balaban J connectivity index is 2.25. The lowest BCUT2D eigenvalue weighted by Gasteiger charge is -2.35. The summed E-state index contributed by atoms with van der Waals surface area (Å²) in [5.74, 6) is -0.0567. The molecule has 0 spiro atoms. The molecule has 3 unspecified atom stereocenters. The normalized spacial score (nSPS) is 28.4. The molecule has 0 radical (unpaired) electrons. The fourth-order valence-electron chi connectivity index (χ4n) is 3.54. The van der Waals surface area contributed by atoms with Crippen LogP contribution in [-0.4, -0.2) is 0 Å². The Morgan fingerprint density at radius 3 is 2.19 bits per heavy atom. The first-order valence-electron chi connectivity index (χ1n) is 7.30. The monoisotopic (exact) mass is 303 g/mol. The number of nitrogens with two attached hydrogens (primary N) is 1. The van der Waals surface area contributed by atoms with E-state index in [4.69, 9.17) is 5.73 Å². The molecule has 0 bridgehead atoms. The van der Waals surface area contributed by atoms with Crippen LogP contribution in [0.5, 0.6) is 0 Å². The van der Waals surface area contributed by atoms with E-state index >= 15 is 0 Å². The second-order valence-corrected chi connectivity index (χ2v) is 6.44. The molecular formula is C16H21F4N. The maximum absolute atomic E-state index is 13.3. The lowest BCUT2D eigenvalue weighted by atomic mass is 9.72. The summed E-state index contributed by atoms with van der Waals surface area (Å²) in [6.45, 7) is 4.28. The number of benzene rings is 1. The van der Waals surface area contributed by atoms with Crippen LogP contribution in [0.25, 0.3) is 0 Å². The quantitative estimate of drug-likeness (QED) is 0.771. The van der Waals surface area contributed by atoms with Gasteiger partial charge in [-0.3, -0.25) is 0 Å². The van der Waals surface area contributed by atoms with Crippen molar-refractivity contribution in [2.75, 3.05) is 0 Å². The van der Waals surface area contributed by atoms with Gasteiger partial charge < -0.3 is 5.73 Å². The van der Waals surface area contributed by atoms with Gasteiger partial charge in [-0.05, 0) is 54.7 Å². The fraction of sp³-hybridized carbons (Fsp3) is 0.625. The molecular weight excluding hydrogens is 282 g/mol. The Kier molecular flexibility index (Phi) is 4.61. The fourth-order valence-corrected chi connectivity index (χ4v) is 3.54. The van der Waals surface area contributed by atoms with Crippen LogP contribution >= 0.6 is 0 Å². The van der Waals surface area contributed by atoms with E-state index in [0.29, 0.717) is 17.4 Å². The molecule has 1 saturated carbocycles. The number of rotatable bonds is 2. The van der Waals surface area contributed by atoms with Crippen molar-refractivity contribution in [3.8, 4) is 0 Å². The zero-order valence-corrected chi connectivity index (χ0v) is 12.3. The van der Waals surface area contributed by atoms with Gasteiger partial charge in [-0.1, -0.05) is 19.9 Å². The van der Waals surface area contributed by atoms with Crippen molar-refractivity contribution in [2.24, 2.45) is 23.5 Å². The second-order valence-electron chi connectivity index (χ2n) is 6.44. The summed E-state index contributed by atoms with van der Waals surface area (Å²) < 4.78 is 51.7. The van der Waals surface area contributed by atoms with Crippen molar-refractivity contribution in [3.63, 3.8) is 0 Å². The summed E-state index contributed by atoms with van der Waals surface area (Å²) in [5.41, 5.74) is 5.31. The first kappa shape index (κ1) is 16.3. The minimum Gasteiger partial charge on any atom is -0.324 e. The van der Waals surface area contributed by atoms with Gasteiger partial charge in [0.15, 0.2) is 0 Å². The average Bonchev–Trinajstić information content (AvgIpc) is 2.36. The molecule has 0 aromatic heterocycles. The molecule has 3 atom stereocenters. The first-order chi connectivity index (χ1) is 9.68. The molecule has 5 heteroatoms. The number of alkyl halides is 3. The van der Waals surface area contributed by atoms with Crippen molar-refractivity contribution < 1.29 is 17.6 Å². The molecule has 1 aliphatic rings. The third-order valence-corrected chi connectivity index (χ3v) is 4.40. The largest absolute Gasteiger partial charge is 0.419 e. The molecule has 1 aromatic rings. The average molecular weight is 303 g/mol. The highest BCUT2D eigenvalue weighted by Gasteiger charge is 2.35. The smallest absolute Gasteiger partial charge is 0.324 e. The number of hydrogen-bond donors (Lipinski definition) is 1. The van der Waals surface area contributed by atoms with E-state index < -0.39 is 23.6 Å². The van der Waals surface area contributed by atoms with Gasteiger partial charge in [0.1, 0.15) is 5.82 Å². The predicted molar refractivity (Wildman–Crippen MR) is 74.0 cm³/mol. The highest BCUT2D eigenvalue weighted by atomic mass is 19.4. The Morgan fingerprint density at radius 1 is 1.10 bits per heavy atom. The van der Waals surface area contributed by atoms with E-state index in [1.54, 1.807) is 0 Å². The summed E-state index contributed by atoms with van der Waals surface area (Å²) in [6.07, 6.45) is -1.75. The van der Waals surface area contributed by atoms with E-state index in [1.165, 1.54) is 6.07 Å². The third kappa shape index (κ3) is 3.76. The van der Waals surface area contributed by atoms with Crippen LogP contribution in [0, 0.1) is 23.6 Å². The molecule has 0 saturated heterocycles. The van der Waals surface area contributed by atoms with Crippen molar-refractivity contribution in [3.05, 3.63) is 35.1 Å². The minimum absolute atomic E-state index is 0.148. The third-order valence-electron chi connectivity index (χ3n) is 4.40. The highest BCUT2D eigenvalue weighted by molar-refractivity contribution is 5.29. The number of halogens is 4. The van der Waals surface area contributed by atoms with Gasteiger partial charge in [-0.25, -0.2) is 4.39 Å². The van der Waals surface area contributed by atoms with Crippen LogP contribution in [0.1, 0.15) is 50.3 Å². The van der Waals surface area contributed by atoms with Crippen molar-refractivity contribution >= 4 is 0 Å². The van der Waals surface area contributed by atoms with E-state index in [9.17, 15) is 17.6 Å². The summed E-state index contributed by atoms with van der Waals surface area (Å²) in [7, 11) is 0. The van der Waals surface area contributed by atoms with Crippen LogP contribution in [0.15, 0.2) is 18.2 Å². The maximum Gasteiger partial charge on any atom is 0.419 e. The molecule has 2 rings (SSSR count). The van der Waals surface area contributed by atoms with Gasteiger partial charge in [0.2, 0.25) is 0 Å². The minimum atomic E-state index is -4.69.